The molecule has 1 aromatic heterocycles. The second-order valence-electron chi connectivity index (χ2n) is 5.76. The molecule has 0 fully saturated rings. The molecule has 1 heterocycles. The van der Waals surface area contributed by atoms with Gasteiger partial charge in [-0.1, -0.05) is 13.3 Å². The number of nitrogens with zero attached hydrogens (tertiary/aromatic N) is 4. The fraction of sp³-hybridized carbons (Fsp3) is 0.250. The maximum atomic E-state index is 5.16. The Morgan fingerprint density at radius 1 is 1.00 bits per heavy atom. The van der Waals surface area contributed by atoms with E-state index < -0.39 is 0 Å². The normalized spacial score (nSPS) is 14.0. The smallest absolute Gasteiger partial charge is 0.210 e. The summed E-state index contributed by atoms with van der Waals surface area (Å²) in [6.07, 6.45) is 12.1. The molecule has 0 radical (unpaired) electrons. The van der Waals surface area contributed by atoms with E-state index in [-0.39, 0.29) is 0 Å². The average molecular weight is 366 g/mol. The molecule has 0 N–H and O–H groups in total. The summed E-state index contributed by atoms with van der Waals surface area (Å²) in [6.45, 7) is 3.17. The molecule has 1 aromatic carbocycles. The van der Waals surface area contributed by atoms with E-state index in [0.717, 1.165) is 40.6 Å². The van der Waals surface area contributed by atoms with E-state index in [1.54, 1.807) is 18.4 Å². The first-order valence-corrected chi connectivity index (χ1v) is 9.51. The van der Waals surface area contributed by atoms with Crippen LogP contribution in [-0.2, 0) is 6.54 Å². The van der Waals surface area contributed by atoms with Gasteiger partial charge in [-0.2, -0.15) is 0 Å². The van der Waals surface area contributed by atoms with E-state index in [1.807, 2.05) is 53.9 Å². The summed E-state index contributed by atoms with van der Waals surface area (Å²) in [5.41, 5.74) is 2.58. The number of hydrogen-bond acceptors (Lipinski definition) is 5. The Morgan fingerprint density at radius 2 is 1.73 bits per heavy atom. The minimum absolute atomic E-state index is 0.814. The van der Waals surface area contributed by atoms with Crippen LogP contribution in [0.1, 0.15) is 19.8 Å². The van der Waals surface area contributed by atoms with Crippen molar-refractivity contribution in [1.82, 2.24) is 4.57 Å². The van der Waals surface area contributed by atoms with Crippen molar-refractivity contribution in [3.8, 4) is 5.75 Å². The molecule has 5 nitrogen and oxygen atoms in total. The first-order chi connectivity index (χ1) is 12.8. The lowest BCUT2D eigenvalue weighted by molar-refractivity contribution is 0.415. The van der Waals surface area contributed by atoms with Crippen molar-refractivity contribution in [2.24, 2.45) is 15.2 Å². The largest absolute Gasteiger partial charge is 0.497 e. The Kier molecular flexibility index (Phi) is 6.33. The third-order valence-corrected chi connectivity index (χ3v) is 4.63. The zero-order valence-electron chi connectivity index (χ0n) is 15.0. The minimum atomic E-state index is 0.814. The summed E-state index contributed by atoms with van der Waals surface area (Å²) in [6, 6.07) is 7.66. The van der Waals surface area contributed by atoms with E-state index in [9.17, 15) is 0 Å². The Labute approximate surface area is 157 Å². The van der Waals surface area contributed by atoms with Crippen molar-refractivity contribution in [3.05, 3.63) is 64.9 Å². The van der Waals surface area contributed by atoms with Crippen molar-refractivity contribution >= 4 is 28.4 Å². The van der Waals surface area contributed by atoms with Gasteiger partial charge in [0.05, 0.1) is 24.2 Å². The van der Waals surface area contributed by atoms with Gasteiger partial charge in [-0.3, -0.25) is 0 Å². The monoisotopic (exact) mass is 366 g/mol. The number of allylic oxidation sites excluding steroid dienone is 4. The van der Waals surface area contributed by atoms with Crippen LogP contribution in [0.25, 0.3) is 0 Å². The molecular weight excluding hydrogens is 344 g/mol. The molecular formula is C20H22N4OS. The Bertz CT molecular complexity index is 896. The molecule has 134 valence electrons. The number of benzene rings is 1. The molecule has 2 aromatic rings. The van der Waals surface area contributed by atoms with Crippen molar-refractivity contribution in [3.63, 3.8) is 0 Å². The lowest BCUT2D eigenvalue weighted by Gasteiger charge is -2.03. The first kappa shape index (κ1) is 18.1. The molecule has 0 aliphatic heterocycles. The quantitative estimate of drug-likeness (QED) is 0.548. The maximum absolute atomic E-state index is 5.16. The lowest BCUT2D eigenvalue weighted by Crippen LogP contribution is -2.13. The first-order valence-electron chi connectivity index (χ1n) is 8.63. The summed E-state index contributed by atoms with van der Waals surface area (Å²) >= 11 is 1.60. The summed E-state index contributed by atoms with van der Waals surface area (Å²) in [5.74, 6) is 0.824. The van der Waals surface area contributed by atoms with E-state index in [4.69, 9.17) is 4.74 Å². The number of aryl methyl sites for hydroxylation is 1. The molecule has 0 saturated heterocycles. The van der Waals surface area contributed by atoms with E-state index in [1.165, 1.54) is 6.42 Å². The fourth-order valence-electron chi connectivity index (χ4n) is 2.38. The van der Waals surface area contributed by atoms with Crippen LogP contribution >= 0.6 is 11.3 Å². The van der Waals surface area contributed by atoms with Gasteiger partial charge in [-0.05, 0) is 55.0 Å². The summed E-state index contributed by atoms with van der Waals surface area (Å²) in [7, 11) is 1.65. The van der Waals surface area contributed by atoms with Gasteiger partial charge in [-0.25, -0.2) is 4.99 Å². The molecule has 26 heavy (non-hydrogen) atoms. The second kappa shape index (κ2) is 9.10. The summed E-state index contributed by atoms with van der Waals surface area (Å²) in [4.78, 5) is 5.51. The van der Waals surface area contributed by atoms with E-state index in [2.05, 4.69) is 32.9 Å². The molecule has 1 aliphatic rings. The third-order valence-electron chi connectivity index (χ3n) is 3.84. The van der Waals surface area contributed by atoms with E-state index >= 15 is 0 Å². The highest BCUT2D eigenvalue weighted by Gasteiger charge is 2.00. The van der Waals surface area contributed by atoms with Crippen LogP contribution in [0, 0.1) is 0 Å². The fourth-order valence-corrected chi connectivity index (χ4v) is 3.08. The standard InChI is InChI=1S/C20H22N4OS/c1-3-4-13-24-14-15-26-20(24)23-22-18-7-5-16(6-8-18)21-17-9-11-19(25-2)12-10-17/h5-12,14-15H,3-4,13H2,1-2H3. The van der Waals surface area contributed by atoms with Crippen LogP contribution in [0.15, 0.2) is 75.3 Å². The lowest BCUT2D eigenvalue weighted by atomic mass is 10.1. The molecule has 0 saturated carbocycles. The van der Waals surface area contributed by atoms with Gasteiger partial charge in [0.1, 0.15) is 5.75 Å². The topological polar surface area (TPSA) is 51.2 Å². The van der Waals surface area contributed by atoms with Crippen LogP contribution < -0.4 is 9.54 Å². The van der Waals surface area contributed by atoms with Crippen molar-refractivity contribution in [1.29, 1.82) is 0 Å². The molecule has 0 amide bonds. The zero-order chi connectivity index (χ0) is 18.2. The summed E-state index contributed by atoms with van der Waals surface area (Å²) < 4.78 is 7.30. The van der Waals surface area contributed by atoms with Crippen LogP contribution in [0.5, 0.6) is 5.75 Å². The Balaban J connectivity index is 1.70. The van der Waals surface area contributed by atoms with Crippen molar-refractivity contribution in [2.45, 2.75) is 26.3 Å². The van der Waals surface area contributed by atoms with Gasteiger partial charge >= 0.3 is 0 Å². The third kappa shape index (κ3) is 4.89. The van der Waals surface area contributed by atoms with E-state index in [0.29, 0.717) is 0 Å². The SMILES string of the molecule is CCCCn1ccsc1=NN=C1C=CC(=Nc2ccc(OC)cc2)C=C1. The highest BCUT2D eigenvalue weighted by atomic mass is 32.1. The maximum Gasteiger partial charge on any atom is 0.210 e. The van der Waals surface area contributed by atoms with Gasteiger partial charge in [0.25, 0.3) is 0 Å². The molecule has 0 spiro atoms. The zero-order valence-corrected chi connectivity index (χ0v) is 15.8. The predicted molar refractivity (Wildman–Crippen MR) is 109 cm³/mol. The molecule has 0 unspecified atom stereocenters. The number of aromatic nitrogens is 1. The number of ether oxygens (including phenoxy) is 1. The highest BCUT2D eigenvalue weighted by Crippen LogP contribution is 2.18. The predicted octanol–water partition coefficient (Wildman–Crippen LogP) is 4.51. The summed E-state index contributed by atoms with van der Waals surface area (Å²) in [5, 5.41) is 10.8. The van der Waals surface area contributed by atoms with Crippen LogP contribution in [0.2, 0.25) is 0 Å². The highest BCUT2D eigenvalue weighted by molar-refractivity contribution is 7.07. The van der Waals surface area contributed by atoms with Gasteiger partial charge < -0.3 is 9.30 Å². The number of aliphatic imine (C=N–C) groups is 1. The number of rotatable bonds is 6. The second-order valence-corrected chi connectivity index (χ2v) is 6.63. The minimum Gasteiger partial charge on any atom is -0.497 e. The van der Waals surface area contributed by atoms with Gasteiger partial charge in [0.2, 0.25) is 4.80 Å². The van der Waals surface area contributed by atoms with Crippen molar-refractivity contribution in [2.75, 3.05) is 7.11 Å². The number of thiazole rings is 1. The molecule has 3 rings (SSSR count). The van der Waals surface area contributed by atoms with Gasteiger partial charge in [-0.15, -0.1) is 21.5 Å². The van der Waals surface area contributed by atoms with Crippen LogP contribution in [0.3, 0.4) is 0 Å². The van der Waals surface area contributed by atoms with Crippen LogP contribution in [0.4, 0.5) is 5.69 Å². The number of unbranched alkanes of at least 4 members (excludes halogenated alkanes) is 1. The van der Waals surface area contributed by atoms with Crippen molar-refractivity contribution < 1.29 is 4.74 Å². The Hall–Kier alpha value is -2.73. The Morgan fingerprint density at radius 3 is 2.42 bits per heavy atom. The molecule has 0 atom stereocenters. The molecule has 6 heteroatoms. The number of methoxy groups -OCH3 is 1. The molecule has 0 bridgehead atoms. The van der Waals surface area contributed by atoms with Gasteiger partial charge in [0.15, 0.2) is 0 Å². The average Bonchev–Trinajstić information content (AvgIpc) is 3.14. The van der Waals surface area contributed by atoms with Gasteiger partial charge in [0, 0.05) is 18.1 Å². The van der Waals surface area contributed by atoms with Crippen LogP contribution in [-0.4, -0.2) is 23.1 Å². The number of hydrogen-bond donors (Lipinski definition) is 0. The molecule has 1 aliphatic carbocycles.